The molecule has 1 aromatic rings. The van der Waals surface area contributed by atoms with E-state index in [1.54, 1.807) is 0 Å². The van der Waals surface area contributed by atoms with E-state index in [0.717, 1.165) is 11.3 Å². The summed E-state index contributed by atoms with van der Waals surface area (Å²) in [4.78, 5) is 0. The molecule has 0 saturated heterocycles. The highest BCUT2D eigenvalue weighted by atomic mass is 15.3. The van der Waals surface area contributed by atoms with Gasteiger partial charge in [-0.15, -0.1) is 10.2 Å². The monoisotopic (exact) mass is 202 g/mol. The summed E-state index contributed by atoms with van der Waals surface area (Å²) in [5.41, 5.74) is 12.1. The summed E-state index contributed by atoms with van der Waals surface area (Å²) in [7, 11) is 0. The van der Waals surface area contributed by atoms with Gasteiger partial charge in [0.15, 0.2) is 0 Å². The first-order valence-corrected chi connectivity index (χ1v) is 4.58. The lowest BCUT2D eigenvalue weighted by Gasteiger charge is -1.98. The van der Waals surface area contributed by atoms with E-state index >= 15 is 0 Å². The van der Waals surface area contributed by atoms with Gasteiger partial charge in [0, 0.05) is 5.56 Å². The molecule has 0 bridgehead atoms. The molecule has 0 saturated carbocycles. The summed E-state index contributed by atoms with van der Waals surface area (Å²) in [5.74, 6) is -0.0482. The zero-order chi connectivity index (χ0) is 11.1. The Labute approximate surface area is 89.0 Å². The smallest absolute Gasteiger partial charge is 0.211 e. The minimum Gasteiger partial charge on any atom is -0.369 e. The van der Waals surface area contributed by atoms with E-state index in [9.17, 15) is 0 Å². The van der Waals surface area contributed by atoms with Gasteiger partial charge in [0.25, 0.3) is 0 Å². The predicted octanol–water partition coefficient (Wildman–Crippen LogP) is 1.24. The molecule has 0 fully saturated rings. The summed E-state index contributed by atoms with van der Waals surface area (Å²) < 4.78 is 0. The van der Waals surface area contributed by atoms with Crippen LogP contribution >= 0.6 is 0 Å². The molecule has 1 aromatic carbocycles. The lowest BCUT2D eigenvalue weighted by Crippen LogP contribution is -2.22. The van der Waals surface area contributed by atoms with Crippen LogP contribution in [0.5, 0.6) is 0 Å². The second-order valence-electron chi connectivity index (χ2n) is 2.88. The summed E-state index contributed by atoms with van der Waals surface area (Å²) in [6.07, 6.45) is 3.73. The third-order valence-corrected chi connectivity index (χ3v) is 1.67. The molecule has 1 rings (SSSR count). The molecule has 4 heteroatoms. The zero-order valence-corrected chi connectivity index (χ0v) is 8.59. The lowest BCUT2D eigenvalue weighted by molar-refractivity contribution is 1.20. The first-order chi connectivity index (χ1) is 7.24. The Hall–Kier alpha value is -2.10. The largest absolute Gasteiger partial charge is 0.369 e. The van der Waals surface area contributed by atoms with Crippen molar-refractivity contribution in [1.29, 1.82) is 0 Å². The number of nitrogens with two attached hydrogens (primary N) is 2. The number of nitrogens with zero attached hydrogens (tertiary/aromatic N) is 2. The summed E-state index contributed by atoms with van der Waals surface area (Å²) in [5, 5.41) is 7.58. The van der Waals surface area contributed by atoms with Crippen LogP contribution in [0.1, 0.15) is 12.5 Å². The first-order valence-electron chi connectivity index (χ1n) is 4.58. The SMILES string of the molecule is C/C=C/C(=N\N=C(N)N)c1ccccc1. The summed E-state index contributed by atoms with van der Waals surface area (Å²) >= 11 is 0. The number of hydrogen-bond acceptors (Lipinski definition) is 2. The average molecular weight is 202 g/mol. The third kappa shape index (κ3) is 3.64. The lowest BCUT2D eigenvalue weighted by atomic mass is 10.1. The van der Waals surface area contributed by atoms with Gasteiger partial charge in [0.1, 0.15) is 0 Å². The Kier molecular flexibility index (Phi) is 4.09. The van der Waals surface area contributed by atoms with Crippen LogP contribution in [0.2, 0.25) is 0 Å². The Morgan fingerprint density at radius 1 is 1.13 bits per heavy atom. The molecule has 4 N–H and O–H groups in total. The molecular formula is C11H14N4. The van der Waals surface area contributed by atoms with E-state index in [1.807, 2.05) is 49.4 Å². The van der Waals surface area contributed by atoms with Crippen molar-refractivity contribution in [3.63, 3.8) is 0 Å². The van der Waals surface area contributed by atoms with Crippen LogP contribution in [0.4, 0.5) is 0 Å². The molecule has 0 heterocycles. The van der Waals surface area contributed by atoms with E-state index < -0.39 is 0 Å². The summed E-state index contributed by atoms with van der Waals surface area (Å²) in [6.45, 7) is 1.91. The minimum atomic E-state index is -0.0482. The van der Waals surface area contributed by atoms with E-state index in [2.05, 4.69) is 10.2 Å². The van der Waals surface area contributed by atoms with Crippen LogP contribution in [0.3, 0.4) is 0 Å². The quantitative estimate of drug-likeness (QED) is 0.439. The predicted molar refractivity (Wildman–Crippen MR) is 63.6 cm³/mol. The van der Waals surface area contributed by atoms with Crippen LogP contribution in [-0.2, 0) is 0 Å². The minimum absolute atomic E-state index is 0.0482. The van der Waals surface area contributed by atoms with Crippen molar-refractivity contribution >= 4 is 11.7 Å². The zero-order valence-electron chi connectivity index (χ0n) is 8.59. The second kappa shape index (κ2) is 5.59. The van der Waals surface area contributed by atoms with Crippen LogP contribution in [0.15, 0.2) is 52.7 Å². The summed E-state index contributed by atoms with van der Waals surface area (Å²) in [6, 6.07) is 9.70. The molecule has 0 spiro atoms. The van der Waals surface area contributed by atoms with Gasteiger partial charge >= 0.3 is 0 Å². The Morgan fingerprint density at radius 2 is 1.80 bits per heavy atom. The highest BCUT2D eigenvalue weighted by molar-refractivity contribution is 6.08. The van der Waals surface area contributed by atoms with Gasteiger partial charge in [-0.2, -0.15) is 0 Å². The van der Waals surface area contributed by atoms with Gasteiger partial charge in [-0.25, -0.2) is 0 Å². The maximum atomic E-state index is 5.21. The topological polar surface area (TPSA) is 76.8 Å². The molecule has 0 aliphatic rings. The van der Waals surface area contributed by atoms with E-state index in [1.165, 1.54) is 0 Å². The number of guanidine groups is 1. The first kappa shape index (κ1) is 11.0. The fraction of sp³-hybridized carbons (Fsp3) is 0.0909. The Morgan fingerprint density at radius 3 is 2.33 bits per heavy atom. The van der Waals surface area contributed by atoms with Gasteiger partial charge in [-0.3, -0.25) is 0 Å². The normalized spacial score (nSPS) is 11.7. The maximum absolute atomic E-state index is 5.21. The van der Waals surface area contributed by atoms with Gasteiger partial charge in [-0.05, 0) is 13.0 Å². The van der Waals surface area contributed by atoms with Gasteiger partial charge in [0.2, 0.25) is 5.96 Å². The number of rotatable bonds is 3. The standard InChI is InChI=1S/C11H14N4/c1-2-6-10(14-15-11(12)13)9-7-4-3-5-8-9/h2-8H,1H3,(H4,12,13,15)/b6-2+,14-10+. The highest BCUT2D eigenvalue weighted by Gasteiger charge is 1.97. The molecule has 0 aliphatic heterocycles. The molecule has 0 aliphatic carbocycles. The Balaban J connectivity index is 3.04. The fourth-order valence-corrected chi connectivity index (χ4v) is 1.07. The van der Waals surface area contributed by atoms with Crippen molar-refractivity contribution in [2.45, 2.75) is 6.92 Å². The van der Waals surface area contributed by atoms with Crippen LogP contribution < -0.4 is 11.5 Å². The number of allylic oxidation sites excluding steroid dienone is 2. The van der Waals surface area contributed by atoms with Gasteiger partial charge in [-0.1, -0.05) is 36.4 Å². The van der Waals surface area contributed by atoms with E-state index in [4.69, 9.17) is 11.5 Å². The van der Waals surface area contributed by atoms with E-state index in [0.29, 0.717) is 0 Å². The van der Waals surface area contributed by atoms with Crippen molar-refractivity contribution < 1.29 is 0 Å². The van der Waals surface area contributed by atoms with Crippen LogP contribution in [0.25, 0.3) is 0 Å². The van der Waals surface area contributed by atoms with Crippen molar-refractivity contribution in [1.82, 2.24) is 0 Å². The molecule has 0 aromatic heterocycles. The van der Waals surface area contributed by atoms with Crippen LogP contribution in [0, 0.1) is 0 Å². The highest BCUT2D eigenvalue weighted by Crippen LogP contribution is 2.02. The average Bonchev–Trinajstić information content (AvgIpc) is 2.25. The number of hydrogen-bond donors (Lipinski definition) is 2. The van der Waals surface area contributed by atoms with Crippen molar-refractivity contribution in [2.24, 2.45) is 21.7 Å². The Bertz CT molecular complexity index is 386. The second-order valence-corrected chi connectivity index (χ2v) is 2.88. The molecule has 0 radical (unpaired) electrons. The maximum Gasteiger partial charge on any atom is 0.211 e. The third-order valence-electron chi connectivity index (χ3n) is 1.67. The van der Waals surface area contributed by atoms with Gasteiger partial charge in [0.05, 0.1) is 5.71 Å². The van der Waals surface area contributed by atoms with Gasteiger partial charge < -0.3 is 11.5 Å². The van der Waals surface area contributed by atoms with Crippen molar-refractivity contribution in [3.05, 3.63) is 48.0 Å². The number of benzene rings is 1. The van der Waals surface area contributed by atoms with Crippen LogP contribution in [-0.4, -0.2) is 11.7 Å². The van der Waals surface area contributed by atoms with Crippen molar-refractivity contribution in [3.8, 4) is 0 Å². The molecule has 0 amide bonds. The van der Waals surface area contributed by atoms with E-state index in [-0.39, 0.29) is 5.96 Å². The molecule has 4 nitrogen and oxygen atoms in total. The molecule has 78 valence electrons. The molecular weight excluding hydrogens is 188 g/mol. The van der Waals surface area contributed by atoms with Crippen molar-refractivity contribution in [2.75, 3.05) is 0 Å². The molecule has 15 heavy (non-hydrogen) atoms. The fourth-order valence-electron chi connectivity index (χ4n) is 1.07. The molecule has 0 atom stereocenters. The molecule has 0 unspecified atom stereocenters.